The van der Waals surface area contributed by atoms with Gasteiger partial charge in [-0.1, -0.05) is 6.92 Å². The van der Waals surface area contributed by atoms with Crippen LogP contribution in [0.1, 0.15) is 62.7 Å². The largest absolute Gasteiger partial charge is 0.506 e. The third-order valence-electron chi connectivity index (χ3n) is 8.99. The fourth-order valence-corrected chi connectivity index (χ4v) is 7.54. The van der Waals surface area contributed by atoms with Crippen molar-refractivity contribution in [3.8, 4) is 11.5 Å². The maximum Gasteiger partial charge on any atom is 0.339 e. The molecule has 5 N–H and O–H groups in total. The van der Waals surface area contributed by atoms with Crippen LogP contribution in [0.25, 0.3) is 0 Å². The molecule has 2 aliphatic heterocycles. The Morgan fingerprint density at radius 2 is 1.97 bits per heavy atom. The highest BCUT2D eigenvalue weighted by molar-refractivity contribution is 5.99. The summed E-state index contributed by atoms with van der Waals surface area (Å²) in [5.74, 6) is -3.04. The number of hydrogen-bond donors (Lipinski definition) is 5. The predicted molar refractivity (Wildman–Crippen MR) is 115 cm³/mol. The van der Waals surface area contributed by atoms with Crippen molar-refractivity contribution in [1.82, 2.24) is 0 Å². The highest BCUT2D eigenvalue weighted by Gasteiger charge is 2.75. The number of rotatable bonds is 5. The second-order valence-corrected chi connectivity index (χ2v) is 10.8. The highest BCUT2D eigenvalue weighted by Crippen LogP contribution is 2.73. The number of ether oxygens (including phenoxy) is 1. The topological polar surface area (TPSA) is 153 Å². The van der Waals surface area contributed by atoms with Crippen LogP contribution in [0, 0.1) is 22.7 Å². The van der Waals surface area contributed by atoms with Crippen molar-refractivity contribution in [2.45, 2.75) is 70.2 Å². The quantitative estimate of drug-likeness (QED) is 0.421. The summed E-state index contributed by atoms with van der Waals surface area (Å²) in [6, 6.07) is 2.12. The summed E-state index contributed by atoms with van der Waals surface area (Å²) in [7, 11) is 0. The van der Waals surface area contributed by atoms with E-state index in [0.717, 1.165) is 25.0 Å². The highest BCUT2D eigenvalue weighted by atomic mass is 16.5. The lowest BCUT2D eigenvalue weighted by molar-refractivity contribution is -0.218. The van der Waals surface area contributed by atoms with Gasteiger partial charge in [-0.05, 0) is 50.7 Å². The number of phenols is 2. The minimum Gasteiger partial charge on any atom is -0.506 e. The van der Waals surface area contributed by atoms with Gasteiger partial charge in [0.25, 0.3) is 0 Å². The fourth-order valence-electron chi connectivity index (χ4n) is 7.54. The molecule has 1 amide bonds. The first-order valence-electron chi connectivity index (χ1n) is 11.4. The molecule has 5 aliphatic rings. The van der Waals surface area contributed by atoms with E-state index >= 15 is 0 Å². The molecule has 1 spiro atoms. The van der Waals surface area contributed by atoms with Crippen molar-refractivity contribution in [2.75, 3.05) is 5.32 Å². The van der Waals surface area contributed by atoms with E-state index in [0.29, 0.717) is 12.3 Å². The zero-order valence-electron chi connectivity index (χ0n) is 18.6. The summed E-state index contributed by atoms with van der Waals surface area (Å²) in [5.41, 5.74) is -2.32. The number of carboxylic acid groups (broad SMARTS) is 1. The van der Waals surface area contributed by atoms with Crippen molar-refractivity contribution >= 4 is 23.3 Å². The van der Waals surface area contributed by atoms with E-state index in [2.05, 4.69) is 12.2 Å². The number of aromatic hydroxyl groups is 2. The first-order valence-corrected chi connectivity index (χ1v) is 11.4. The normalized spacial score (nSPS) is 40.6. The molecule has 0 aromatic heterocycles. The molecule has 7 atom stereocenters. The summed E-state index contributed by atoms with van der Waals surface area (Å²) >= 11 is 0. The van der Waals surface area contributed by atoms with E-state index in [-0.39, 0.29) is 53.8 Å². The van der Waals surface area contributed by atoms with Gasteiger partial charge in [-0.25, -0.2) is 4.79 Å². The Balaban J connectivity index is 1.37. The number of aliphatic hydroxyl groups excluding tert-OH is 1. The lowest BCUT2D eigenvalue weighted by atomic mass is 9.47. The molecule has 2 heterocycles. The second kappa shape index (κ2) is 6.93. The number of carboxylic acids is 1. The zero-order chi connectivity index (χ0) is 23.9. The van der Waals surface area contributed by atoms with Gasteiger partial charge >= 0.3 is 5.97 Å². The fraction of sp³-hybridized carbons (Fsp3) is 0.625. The molecule has 6 rings (SSSR count). The van der Waals surface area contributed by atoms with Crippen LogP contribution in [-0.2, 0) is 14.3 Å². The van der Waals surface area contributed by atoms with E-state index in [1.165, 1.54) is 0 Å². The molecule has 5 fully saturated rings. The monoisotopic (exact) mass is 459 g/mol. The van der Waals surface area contributed by atoms with E-state index in [4.69, 9.17) is 9.84 Å². The van der Waals surface area contributed by atoms with Crippen molar-refractivity contribution in [2.24, 2.45) is 22.7 Å². The van der Waals surface area contributed by atoms with Crippen molar-refractivity contribution in [1.29, 1.82) is 0 Å². The number of carbonyl (C=O) groups is 3. The molecule has 0 radical (unpaired) electrons. The number of anilines is 1. The zero-order valence-corrected chi connectivity index (χ0v) is 18.6. The number of Topliss-reactive ketones (excluding diaryl/α,β-unsaturated/α-hetero) is 1. The Kier molecular flexibility index (Phi) is 4.65. The number of amides is 1. The Labute approximate surface area is 190 Å². The number of phenolic OH excluding ortho intramolecular Hbond substituents is 1. The maximum atomic E-state index is 13.2. The van der Waals surface area contributed by atoms with Crippen LogP contribution >= 0.6 is 0 Å². The molecule has 1 aromatic carbocycles. The van der Waals surface area contributed by atoms with Crippen LogP contribution in [0.3, 0.4) is 0 Å². The molecule has 178 valence electrons. The standard InChI is InChI=1S/C24H29NO8/c1-22(6-5-17(29)25-18-13(26)4-3-12(19(18)30)21(31)32)15(27)8-16(28)24-9-11-7-14(20(22)24)33-23(11,2)10-24/h3-4,11,14,16,20,26,28,30H,5-10H2,1-2H3,(H,25,29)(H,31,32). The summed E-state index contributed by atoms with van der Waals surface area (Å²) in [6.07, 6.45) is 1.76. The van der Waals surface area contributed by atoms with E-state index < -0.39 is 40.5 Å². The van der Waals surface area contributed by atoms with Crippen LogP contribution < -0.4 is 5.32 Å². The van der Waals surface area contributed by atoms with E-state index in [9.17, 15) is 29.7 Å². The molecular weight excluding hydrogens is 430 g/mol. The van der Waals surface area contributed by atoms with Crippen LogP contribution in [-0.4, -0.2) is 55.9 Å². The van der Waals surface area contributed by atoms with Crippen LogP contribution in [0.2, 0.25) is 0 Å². The minimum atomic E-state index is -1.40. The van der Waals surface area contributed by atoms with Gasteiger partial charge in [0, 0.05) is 29.6 Å². The Morgan fingerprint density at radius 1 is 1.24 bits per heavy atom. The Bertz CT molecular complexity index is 1070. The third-order valence-corrected chi connectivity index (χ3v) is 8.99. The van der Waals surface area contributed by atoms with Crippen LogP contribution in [0.15, 0.2) is 12.1 Å². The number of hydrogen-bond acceptors (Lipinski definition) is 7. The van der Waals surface area contributed by atoms with Gasteiger partial charge in [0.15, 0.2) is 5.75 Å². The number of aliphatic hydroxyl groups is 1. The average Bonchev–Trinajstić information content (AvgIpc) is 3.10. The SMILES string of the molecule is CC12CC34CC1CC(O2)C3C(C)(CCC(=O)Nc1c(O)ccc(C(=O)O)c1O)C(=O)CC4O. The molecule has 3 aliphatic carbocycles. The smallest absolute Gasteiger partial charge is 0.339 e. The molecule has 1 aromatic rings. The van der Waals surface area contributed by atoms with Gasteiger partial charge in [0.05, 0.1) is 17.8 Å². The van der Waals surface area contributed by atoms with Gasteiger partial charge < -0.3 is 30.5 Å². The van der Waals surface area contributed by atoms with Gasteiger partial charge in [-0.2, -0.15) is 0 Å². The number of carbonyl (C=O) groups excluding carboxylic acids is 2. The molecular formula is C24H29NO8. The van der Waals surface area contributed by atoms with Gasteiger partial charge in [0.1, 0.15) is 22.8 Å². The number of aromatic carboxylic acids is 1. The number of nitrogens with one attached hydrogen (secondary N) is 1. The summed E-state index contributed by atoms with van der Waals surface area (Å²) in [4.78, 5) is 37.2. The molecule has 3 saturated carbocycles. The minimum absolute atomic E-state index is 0.0619. The van der Waals surface area contributed by atoms with Gasteiger partial charge in [-0.3, -0.25) is 9.59 Å². The van der Waals surface area contributed by atoms with Crippen molar-refractivity contribution in [3.63, 3.8) is 0 Å². The van der Waals surface area contributed by atoms with Crippen molar-refractivity contribution in [3.05, 3.63) is 17.7 Å². The molecule has 9 heteroatoms. The average molecular weight is 459 g/mol. The molecule has 33 heavy (non-hydrogen) atoms. The molecule has 9 nitrogen and oxygen atoms in total. The Morgan fingerprint density at radius 3 is 2.64 bits per heavy atom. The van der Waals surface area contributed by atoms with Gasteiger partial charge in [0.2, 0.25) is 5.91 Å². The van der Waals surface area contributed by atoms with Crippen LogP contribution in [0.5, 0.6) is 11.5 Å². The van der Waals surface area contributed by atoms with Crippen molar-refractivity contribution < 1.29 is 39.5 Å². The van der Waals surface area contributed by atoms with E-state index in [1.807, 2.05) is 6.92 Å². The van der Waals surface area contributed by atoms with Crippen LogP contribution in [0.4, 0.5) is 5.69 Å². The second-order valence-electron chi connectivity index (χ2n) is 10.8. The molecule has 4 bridgehead atoms. The summed E-state index contributed by atoms with van der Waals surface area (Å²) in [5, 5.41) is 42.7. The number of ketones is 1. The lowest BCUT2D eigenvalue weighted by Crippen LogP contribution is -2.63. The predicted octanol–water partition coefficient (Wildman–Crippen LogP) is 2.43. The Hall–Kier alpha value is -2.65. The summed E-state index contributed by atoms with van der Waals surface area (Å²) < 4.78 is 6.38. The molecule has 7 unspecified atom stereocenters. The maximum absolute atomic E-state index is 13.2. The number of benzene rings is 1. The third kappa shape index (κ3) is 2.94. The lowest BCUT2D eigenvalue weighted by Gasteiger charge is -2.59. The molecule has 2 saturated heterocycles. The summed E-state index contributed by atoms with van der Waals surface area (Å²) in [6.45, 7) is 3.96. The first-order chi connectivity index (χ1) is 15.4. The first kappa shape index (κ1) is 22.2. The van der Waals surface area contributed by atoms with Gasteiger partial charge in [-0.15, -0.1) is 0 Å². The van der Waals surface area contributed by atoms with E-state index in [1.54, 1.807) is 0 Å².